The Morgan fingerprint density at radius 1 is 1.00 bits per heavy atom. The van der Waals surface area contributed by atoms with Crippen LogP contribution in [-0.4, -0.2) is 10.1 Å². The Bertz CT molecular complexity index is 1100. The highest BCUT2D eigenvalue weighted by atomic mass is 35.5. The molecule has 0 fully saturated rings. The van der Waals surface area contributed by atoms with E-state index in [4.69, 9.17) is 23.8 Å². The quantitative estimate of drug-likeness (QED) is 0.210. The summed E-state index contributed by atoms with van der Waals surface area (Å²) < 4.78 is 1.83. The topological polar surface area (TPSA) is 36.1 Å². The summed E-state index contributed by atoms with van der Waals surface area (Å²) in [6.07, 6.45) is 3.84. The minimum Gasteiger partial charge on any atom is -0.502 e. The lowest BCUT2D eigenvalue weighted by atomic mass is 9.88. The number of nitrogens with zero attached hydrogens (tertiary/aromatic N) is 1. The SMILES string of the molecule is Cc1ccccc1NC(=S)/C(=C(/O)c1cccc(Cl)c1)[n+]1ccc(C(C)(C)C)cc1. The number of hydrogen-bond donors (Lipinski definition) is 2. The maximum absolute atomic E-state index is 11.2. The van der Waals surface area contributed by atoms with Gasteiger partial charge in [-0.2, -0.15) is 4.57 Å². The fraction of sp³-hybridized carbons (Fsp3) is 0.200. The number of rotatable bonds is 4. The van der Waals surface area contributed by atoms with Crippen molar-refractivity contribution in [1.82, 2.24) is 0 Å². The molecule has 3 rings (SSSR count). The first-order chi connectivity index (χ1) is 14.2. The van der Waals surface area contributed by atoms with Gasteiger partial charge in [0.05, 0.1) is 0 Å². The summed E-state index contributed by atoms with van der Waals surface area (Å²) in [4.78, 5) is 0.412. The second-order valence-electron chi connectivity index (χ2n) is 8.22. The number of aromatic nitrogens is 1. The molecule has 0 spiro atoms. The van der Waals surface area contributed by atoms with E-state index in [1.54, 1.807) is 18.2 Å². The van der Waals surface area contributed by atoms with Crippen molar-refractivity contribution in [3.63, 3.8) is 0 Å². The van der Waals surface area contributed by atoms with Crippen LogP contribution in [0.5, 0.6) is 0 Å². The maximum atomic E-state index is 11.2. The van der Waals surface area contributed by atoms with Crippen molar-refractivity contribution >= 4 is 46.0 Å². The minimum atomic E-state index is 0.0257. The summed E-state index contributed by atoms with van der Waals surface area (Å²) in [6.45, 7) is 8.50. The second kappa shape index (κ2) is 8.99. The van der Waals surface area contributed by atoms with Crippen LogP contribution in [0, 0.1) is 6.92 Å². The van der Waals surface area contributed by atoms with E-state index < -0.39 is 0 Å². The number of pyridine rings is 1. The van der Waals surface area contributed by atoms with Gasteiger partial charge in [-0.3, -0.25) is 0 Å². The molecule has 0 saturated heterocycles. The predicted octanol–water partition coefficient (Wildman–Crippen LogP) is 6.56. The van der Waals surface area contributed by atoms with Gasteiger partial charge in [0.25, 0.3) is 5.70 Å². The Morgan fingerprint density at radius 2 is 1.67 bits per heavy atom. The molecule has 3 aromatic rings. The van der Waals surface area contributed by atoms with Crippen molar-refractivity contribution in [2.75, 3.05) is 5.32 Å². The first-order valence-electron chi connectivity index (χ1n) is 9.75. The van der Waals surface area contributed by atoms with Gasteiger partial charge >= 0.3 is 0 Å². The van der Waals surface area contributed by atoms with Crippen LogP contribution in [0.2, 0.25) is 5.02 Å². The van der Waals surface area contributed by atoms with Gasteiger partial charge in [0, 0.05) is 28.4 Å². The zero-order chi connectivity index (χ0) is 21.9. The van der Waals surface area contributed by atoms with Gasteiger partial charge in [0.15, 0.2) is 23.1 Å². The van der Waals surface area contributed by atoms with Crippen molar-refractivity contribution in [3.05, 3.63) is 94.8 Å². The summed E-state index contributed by atoms with van der Waals surface area (Å²) in [6, 6.07) is 19.1. The zero-order valence-corrected chi connectivity index (χ0v) is 19.2. The highest BCUT2D eigenvalue weighted by Gasteiger charge is 2.25. The molecule has 1 heterocycles. The molecule has 0 unspecified atom stereocenters. The summed E-state index contributed by atoms with van der Waals surface area (Å²) in [7, 11) is 0. The Labute approximate surface area is 188 Å². The Morgan fingerprint density at radius 3 is 2.27 bits per heavy atom. The molecular formula is C25H26ClN2OS+. The molecule has 3 nitrogen and oxygen atoms in total. The van der Waals surface area contributed by atoms with Crippen LogP contribution in [0.1, 0.15) is 37.5 Å². The smallest absolute Gasteiger partial charge is 0.288 e. The largest absolute Gasteiger partial charge is 0.502 e. The van der Waals surface area contributed by atoms with Gasteiger partial charge in [-0.05, 0) is 41.7 Å². The minimum absolute atomic E-state index is 0.0257. The summed E-state index contributed by atoms with van der Waals surface area (Å²) in [5.74, 6) is 0.0529. The van der Waals surface area contributed by atoms with E-state index in [0.717, 1.165) is 11.3 Å². The van der Waals surface area contributed by atoms with E-state index in [1.807, 2.05) is 66.3 Å². The van der Waals surface area contributed by atoms with Gasteiger partial charge in [0.1, 0.15) is 0 Å². The van der Waals surface area contributed by atoms with Crippen LogP contribution < -0.4 is 9.88 Å². The maximum Gasteiger partial charge on any atom is 0.288 e. The van der Waals surface area contributed by atoms with E-state index in [0.29, 0.717) is 21.3 Å². The van der Waals surface area contributed by atoms with Gasteiger partial charge in [0.2, 0.25) is 0 Å². The van der Waals surface area contributed by atoms with Gasteiger partial charge < -0.3 is 10.4 Å². The third-order valence-electron chi connectivity index (χ3n) is 4.88. The number of anilines is 1. The number of nitrogens with one attached hydrogen (secondary N) is 1. The summed E-state index contributed by atoms with van der Waals surface area (Å²) in [5.41, 5.74) is 4.26. The lowest BCUT2D eigenvalue weighted by Crippen LogP contribution is -2.39. The van der Waals surface area contributed by atoms with E-state index in [2.05, 4.69) is 26.1 Å². The molecule has 0 saturated carbocycles. The van der Waals surface area contributed by atoms with Crippen LogP contribution in [0.25, 0.3) is 11.5 Å². The molecule has 2 aromatic carbocycles. The number of aliphatic hydroxyl groups is 1. The molecule has 0 amide bonds. The van der Waals surface area contributed by atoms with Gasteiger partial charge in [-0.25, -0.2) is 0 Å². The molecule has 0 aliphatic carbocycles. The Hall–Kier alpha value is -2.69. The number of aryl methyl sites for hydroxylation is 1. The molecule has 0 atom stereocenters. The normalized spacial score (nSPS) is 12.3. The molecule has 2 N–H and O–H groups in total. The van der Waals surface area contributed by atoms with E-state index in [1.165, 1.54) is 5.56 Å². The summed E-state index contributed by atoms with van der Waals surface area (Å²) >= 11 is 11.9. The average Bonchev–Trinajstić information content (AvgIpc) is 2.69. The molecule has 30 heavy (non-hydrogen) atoms. The molecule has 0 aliphatic heterocycles. The predicted molar refractivity (Wildman–Crippen MR) is 130 cm³/mol. The standard InChI is InChI=1S/C25H25ClN2OS/c1-17-8-5-6-11-21(17)27-24(30)22(23(29)18-9-7-10-20(26)16-18)28-14-12-19(13-15-28)25(2,3)4/h5-16H,1-4H3,(H-,27,29,30)/p+1. The van der Waals surface area contributed by atoms with Crippen molar-refractivity contribution in [2.45, 2.75) is 33.1 Å². The number of hydrogen-bond acceptors (Lipinski definition) is 2. The highest BCUT2D eigenvalue weighted by molar-refractivity contribution is 7.81. The van der Waals surface area contributed by atoms with Gasteiger partial charge in [-0.1, -0.05) is 74.9 Å². The Kier molecular flexibility index (Phi) is 6.59. The fourth-order valence-electron chi connectivity index (χ4n) is 3.09. The van der Waals surface area contributed by atoms with Crippen LogP contribution in [0.4, 0.5) is 5.69 Å². The molecule has 0 aliphatic rings. The number of aliphatic hydroxyl groups excluding tert-OH is 1. The van der Waals surface area contributed by atoms with Crippen LogP contribution in [0.3, 0.4) is 0 Å². The van der Waals surface area contributed by atoms with Crippen LogP contribution in [0.15, 0.2) is 73.1 Å². The van der Waals surface area contributed by atoms with Crippen molar-refractivity contribution in [2.24, 2.45) is 0 Å². The van der Waals surface area contributed by atoms with Crippen LogP contribution in [-0.2, 0) is 5.41 Å². The molecule has 0 radical (unpaired) electrons. The number of halogens is 1. The number of benzene rings is 2. The van der Waals surface area contributed by atoms with Crippen molar-refractivity contribution < 1.29 is 9.67 Å². The first-order valence-corrected chi connectivity index (χ1v) is 10.5. The number of para-hydroxylation sites is 1. The monoisotopic (exact) mass is 437 g/mol. The molecule has 0 bridgehead atoms. The summed E-state index contributed by atoms with van der Waals surface area (Å²) in [5, 5.41) is 15.0. The van der Waals surface area contributed by atoms with Gasteiger partial charge in [-0.15, -0.1) is 0 Å². The first kappa shape index (κ1) is 22.0. The van der Waals surface area contributed by atoms with E-state index >= 15 is 0 Å². The third-order valence-corrected chi connectivity index (χ3v) is 5.41. The second-order valence-corrected chi connectivity index (χ2v) is 9.07. The lowest BCUT2D eigenvalue weighted by molar-refractivity contribution is -0.575. The third kappa shape index (κ3) is 5.07. The fourth-order valence-corrected chi connectivity index (χ4v) is 3.59. The Balaban J connectivity index is 2.10. The van der Waals surface area contributed by atoms with Crippen LogP contribution >= 0.6 is 23.8 Å². The molecule has 5 heteroatoms. The van der Waals surface area contributed by atoms with Crippen molar-refractivity contribution in [3.8, 4) is 0 Å². The lowest BCUT2D eigenvalue weighted by Gasteiger charge is -2.18. The number of thiocarbonyl (C=S) groups is 1. The average molecular weight is 438 g/mol. The highest BCUT2D eigenvalue weighted by Crippen LogP contribution is 2.24. The zero-order valence-electron chi connectivity index (χ0n) is 17.6. The van der Waals surface area contributed by atoms with E-state index in [-0.39, 0.29) is 11.2 Å². The van der Waals surface area contributed by atoms with Crippen molar-refractivity contribution in [1.29, 1.82) is 0 Å². The molecule has 154 valence electrons. The molecular weight excluding hydrogens is 412 g/mol. The van der Waals surface area contributed by atoms with E-state index in [9.17, 15) is 5.11 Å². The molecule has 1 aromatic heterocycles.